The Morgan fingerprint density at radius 3 is 2.67 bits per heavy atom. The number of ether oxygens (including phenoxy) is 1. The number of rotatable bonds is 6. The largest absolute Gasteiger partial charge is 0.493 e. The van der Waals surface area contributed by atoms with Crippen molar-refractivity contribution < 1.29 is 14.3 Å². The van der Waals surface area contributed by atoms with Crippen LogP contribution in [-0.4, -0.2) is 54.4 Å². The van der Waals surface area contributed by atoms with Crippen LogP contribution >= 0.6 is 0 Å². The van der Waals surface area contributed by atoms with Crippen molar-refractivity contribution in [3.63, 3.8) is 0 Å². The smallest absolute Gasteiger partial charge is 0.230 e. The fourth-order valence-electron chi connectivity index (χ4n) is 4.71. The van der Waals surface area contributed by atoms with Gasteiger partial charge in [-0.25, -0.2) is 0 Å². The molecule has 3 aliphatic rings. The quantitative estimate of drug-likeness (QED) is 0.773. The lowest BCUT2D eigenvalue weighted by Crippen LogP contribution is -2.52. The van der Waals surface area contributed by atoms with Crippen LogP contribution in [0.3, 0.4) is 0 Å². The first-order valence-corrected chi connectivity index (χ1v) is 10.4. The first-order valence-electron chi connectivity index (χ1n) is 10.4. The van der Waals surface area contributed by atoms with Crippen LogP contribution in [0, 0.1) is 11.3 Å². The zero-order chi connectivity index (χ0) is 18.7. The van der Waals surface area contributed by atoms with Crippen LogP contribution in [0.5, 0.6) is 5.75 Å². The van der Waals surface area contributed by atoms with Gasteiger partial charge in [-0.2, -0.15) is 0 Å². The summed E-state index contributed by atoms with van der Waals surface area (Å²) in [5, 5.41) is 0. The molecule has 0 radical (unpaired) electrons. The topological polar surface area (TPSA) is 49.9 Å². The third kappa shape index (κ3) is 3.97. The highest BCUT2D eigenvalue weighted by atomic mass is 16.5. The van der Waals surface area contributed by atoms with Gasteiger partial charge in [0.1, 0.15) is 5.75 Å². The van der Waals surface area contributed by atoms with E-state index in [2.05, 4.69) is 4.90 Å². The number of carbonyl (C=O) groups is 2. The lowest BCUT2D eigenvalue weighted by molar-refractivity contribution is -0.147. The van der Waals surface area contributed by atoms with Gasteiger partial charge in [-0.15, -0.1) is 0 Å². The van der Waals surface area contributed by atoms with Crippen molar-refractivity contribution in [2.45, 2.75) is 44.9 Å². The summed E-state index contributed by atoms with van der Waals surface area (Å²) >= 11 is 0. The molecule has 0 aromatic heterocycles. The number of para-hydroxylation sites is 1. The van der Waals surface area contributed by atoms with Crippen molar-refractivity contribution in [1.29, 1.82) is 0 Å². The molecule has 0 bridgehead atoms. The molecule has 27 heavy (non-hydrogen) atoms. The standard InChI is InChI=1S/C22H30N2O3/c25-20(10-15-27-19-8-2-1-3-9-19)24-14-12-22(17-24)11-5-13-23(21(22)26)16-18-6-4-7-18/h1-3,8-9,18H,4-7,10-17H2. The van der Waals surface area contributed by atoms with Crippen LogP contribution in [0.15, 0.2) is 30.3 Å². The number of benzene rings is 1. The number of amides is 2. The molecule has 1 aliphatic carbocycles. The third-order valence-electron chi connectivity index (χ3n) is 6.56. The molecular formula is C22H30N2O3. The van der Waals surface area contributed by atoms with E-state index in [1.165, 1.54) is 19.3 Å². The number of piperidine rings is 1. The van der Waals surface area contributed by atoms with Crippen molar-refractivity contribution in [3.05, 3.63) is 30.3 Å². The van der Waals surface area contributed by atoms with E-state index in [1.54, 1.807) is 0 Å². The Bertz CT molecular complexity index is 673. The van der Waals surface area contributed by atoms with Crippen molar-refractivity contribution in [2.75, 3.05) is 32.8 Å². The Balaban J connectivity index is 1.29. The molecule has 5 heteroatoms. The first-order chi connectivity index (χ1) is 13.2. The van der Waals surface area contributed by atoms with E-state index < -0.39 is 0 Å². The maximum absolute atomic E-state index is 13.2. The predicted molar refractivity (Wildman–Crippen MR) is 103 cm³/mol. The SMILES string of the molecule is O=C(CCOc1ccccc1)N1CCC2(CCCN(CC3CCC3)C2=O)C1. The molecule has 1 aromatic rings. The Labute approximate surface area is 161 Å². The number of nitrogens with zero attached hydrogens (tertiary/aromatic N) is 2. The van der Waals surface area contributed by atoms with Gasteiger partial charge in [0.25, 0.3) is 0 Å². The minimum absolute atomic E-state index is 0.103. The summed E-state index contributed by atoms with van der Waals surface area (Å²) in [7, 11) is 0. The van der Waals surface area contributed by atoms with Gasteiger partial charge >= 0.3 is 0 Å². The molecule has 0 N–H and O–H groups in total. The molecule has 146 valence electrons. The van der Waals surface area contributed by atoms with Gasteiger partial charge in [-0.05, 0) is 50.2 Å². The average Bonchev–Trinajstić information content (AvgIpc) is 3.08. The Hall–Kier alpha value is -2.04. The van der Waals surface area contributed by atoms with Gasteiger partial charge in [-0.1, -0.05) is 24.6 Å². The second kappa shape index (κ2) is 7.91. The summed E-state index contributed by atoms with van der Waals surface area (Å²) in [5.41, 5.74) is -0.321. The van der Waals surface area contributed by atoms with E-state index in [0.717, 1.165) is 38.1 Å². The van der Waals surface area contributed by atoms with E-state index in [1.807, 2.05) is 35.2 Å². The maximum Gasteiger partial charge on any atom is 0.230 e. The number of likely N-dealkylation sites (tertiary alicyclic amines) is 2. The second-order valence-corrected chi connectivity index (χ2v) is 8.41. The molecule has 1 unspecified atom stereocenters. The van der Waals surface area contributed by atoms with Gasteiger partial charge in [0, 0.05) is 26.2 Å². The Morgan fingerprint density at radius 1 is 1.11 bits per heavy atom. The molecule has 3 fully saturated rings. The molecule has 4 rings (SSSR count). The monoisotopic (exact) mass is 370 g/mol. The zero-order valence-corrected chi connectivity index (χ0v) is 16.1. The highest BCUT2D eigenvalue weighted by molar-refractivity contribution is 5.86. The molecule has 1 saturated carbocycles. The molecule has 2 amide bonds. The Kier molecular flexibility index (Phi) is 5.37. The number of hydrogen-bond donors (Lipinski definition) is 0. The predicted octanol–water partition coefficient (Wildman–Crippen LogP) is 3.10. The zero-order valence-electron chi connectivity index (χ0n) is 16.1. The third-order valence-corrected chi connectivity index (χ3v) is 6.56. The van der Waals surface area contributed by atoms with Crippen LogP contribution < -0.4 is 4.74 Å². The highest BCUT2D eigenvalue weighted by Crippen LogP contribution is 2.41. The van der Waals surface area contributed by atoms with E-state index >= 15 is 0 Å². The summed E-state index contributed by atoms with van der Waals surface area (Å²) in [6.07, 6.45) is 7.02. The molecule has 2 heterocycles. The first kappa shape index (κ1) is 18.3. The summed E-state index contributed by atoms with van der Waals surface area (Å²) in [6, 6.07) is 9.58. The van der Waals surface area contributed by atoms with E-state index in [-0.39, 0.29) is 11.3 Å². The van der Waals surface area contributed by atoms with E-state index in [4.69, 9.17) is 4.74 Å². The molecule has 5 nitrogen and oxygen atoms in total. The molecule has 2 aliphatic heterocycles. The highest BCUT2D eigenvalue weighted by Gasteiger charge is 2.49. The van der Waals surface area contributed by atoms with Crippen molar-refractivity contribution in [1.82, 2.24) is 9.80 Å². The summed E-state index contributed by atoms with van der Waals surface area (Å²) in [4.78, 5) is 29.7. The van der Waals surface area contributed by atoms with E-state index in [9.17, 15) is 9.59 Å². The number of hydrogen-bond acceptors (Lipinski definition) is 3. The Morgan fingerprint density at radius 2 is 1.93 bits per heavy atom. The van der Waals surface area contributed by atoms with Crippen LogP contribution in [0.1, 0.15) is 44.9 Å². The van der Waals surface area contributed by atoms with E-state index in [0.29, 0.717) is 37.9 Å². The van der Waals surface area contributed by atoms with Gasteiger partial charge in [0.05, 0.1) is 18.4 Å². The van der Waals surface area contributed by atoms with Gasteiger partial charge in [0.15, 0.2) is 0 Å². The summed E-state index contributed by atoms with van der Waals surface area (Å²) in [5.74, 6) is 1.90. The molecule has 1 spiro atoms. The molecule has 2 saturated heterocycles. The summed E-state index contributed by atoms with van der Waals surface area (Å²) < 4.78 is 5.65. The van der Waals surface area contributed by atoms with Crippen molar-refractivity contribution in [3.8, 4) is 5.75 Å². The second-order valence-electron chi connectivity index (χ2n) is 8.41. The van der Waals surface area contributed by atoms with Gasteiger partial charge < -0.3 is 14.5 Å². The minimum atomic E-state index is -0.321. The van der Waals surface area contributed by atoms with Crippen LogP contribution in [0.4, 0.5) is 0 Å². The molecular weight excluding hydrogens is 340 g/mol. The fraction of sp³-hybridized carbons (Fsp3) is 0.636. The lowest BCUT2D eigenvalue weighted by atomic mass is 9.77. The van der Waals surface area contributed by atoms with Crippen LogP contribution in [-0.2, 0) is 9.59 Å². The minimum Gasteiger partial charge on any atom is -0.493 e. The fourth-order valence-corrected chi connectivity index (χ4v) is 4.71. The van der Waals surface area contributed by atoms with Gasteiger partial charge in [-0.3, -0.25) is 9.59 Å². The lowest BCUT2D eigenvalue weighted by Gasteiger charge is -2.42. The number of carbonyl (C=O) groups excluding carboxylic acids is 2. The molecule has 1 atom stereocenters. The van der Waals surface area contributed by atoms with Crippen LogP contribution in [0.25, 0.3) is 0 Å². The normalized spacial score (nSPS) is 25.7. The maximum atomic E-state index is 13.2. The average molecular weight is 370 g/mol. The van der Waals surface area contributed by atoms with Gasteiger partial charge in [0.2, 0.25) is 11.8 Å². The summed E-state index contributed by atoms with van der Waals surface area (Å²) in [6.45, 7) is 3.51. The van der Waals surface area contributed by atoms with Crippen LogP contribution in [0.2, 0.25) is 0 Å². The van der Waals surface area contributed by atoms with Crippen molar-refractivity contribution in [2.24, 2.45) is 11.3 Å². The van der Waals surface area contributed by atoms with Crippen molar-refractivity contribution >= 4 is 11.8 Å². The molecule has 1 aromatic carbocycles.